The molecule has 4 aliphatic rings. The van der Waals surface area contributed by atoms with Gasteiger partial charge in [0.15, 0.2) is 0 Å². The molecule has 31 heavy (non-hydrogen) atoms. The SMILES string of the molecule is O=C(Cl)C1CC2CC1C(C(=O)O)C2C(=O)OC(=O)C1C2CC(C(=O)Cl)C(C2)C1C(=O)O. The third-order valence-electron chi connectivity index (χ3n) is 7.91. The second kappa shape index (κ2) is 7.85. The van der Waals surface area contributed by atoms with Gasteiger partial charge in [0.2, 0.25) is 10.5 Å². The molecule has 2 N–H and O–H groups in total. The molecule has 11 heteroatoms. The van der Waals surface area contributed by atoms with Crippen molar-refractivity contribution in [3.05, 3.63) is 0 Å². The first-order chi connectivity index (χ1) is 14.5. The molecular formula is C20H20Cl2O9. The number of halogens is 2. The maximum atomic E-state index is 12.8. The van der Waals surface area contributed by atoms with Gasteiger partial charge in [-0.1, -0.05) is 0 Å². The lowest BCUT2D eigenvalue weighted by Gasteiger charge is -2.32. The molecule has 0 aromatic carbocycles. The average Bonchev–Trinajstić information content (AvgIpc) is 3.43. The van der Waals surface area contributed by atoms with Crippen LogP contribution in [0.4, 0.5) is 0 Å². The molecule has 4 bridgehead atoms. The van der Waals surface area contributed by atoms with Gasteiger partial charge in [0.05, 0.1) is 23.7 Å². The summed E-state index contributed by atoms with van der Waals surface area (Å²) in [6.07, 6.45) is 1.13. The molecule has 4 rings (SSSR count). The van der Waals surface area contributed by atoms with Crippen LogP contribution in [0.15, 0.2) is 0 Å². The molecule has 0 aromatic rings. The number of aliphatic carboxylic acids is 2. The van der Waals surface area contributed by atoms with Crippen molar-refractivity contribution in [3.63, 3.8) is 0 Å². The zero-order valence-electron chi connectivity index (χ0n) is 16.1. The van der Waals surface area contributed by atoms with Gasteiger partial charge in [-0.25, -0.2) is 0 Å². The van der Waals surface area contributed by atoms with E-state index in [1.807, 2.05) is 0 Å². The zero-order valence-corrected chi connectivity index (χ0v) is 17.6. The van der Waals surface area contributed by atoms with Gasteiger partial charge in [0.25, 0.3) is 0 Å². The Bertz CT molecular complexity index is 816. The van der Waals surface area contributed by atoms with E-state index in [1.165, 1.54) is 0 Å². The maximum absolute atomic E-state index is 12.8. The van der Waals surface area contributed by atoms with Crippen molar-refractivity contribution >= 4 is 57.6 Å². The van der Waals surface area contributed by atoms with Crippen molar-refractivity contribution in [3.8, 4) is 0 Å². The van der Waals surface area contributed by atoms with Crippen LogP contribution in [-0.4, -0.2) is 44.6 Å². The summed E-state index contributed by atoms with van der Waals surface area (Å²) in [5.41, 5.74) is 0. The van der Waals surface area contributed by atoms with Crippen molar-refractivity contribution in [2.75, 3.05) is 0 Å². The molecule has 0 saturated heterocycles. The Kier molecular flexibility index (Phi) is 5.62. The molecule has 0 heterocycles. The Morgan fingerprint density at radius 1 is 0.613 bits per heavy atom. The van der Waals surface area contributed by atoms with E-state index in [9.17, 15) is 39.0 Å². The topological polar surface area (TPSA) is 152 Å². The number of hydrogen-bond donors (Lipinski definition) is 2. The summed E-state index contributed by atoms with van der Waals surface area (Å²) in [4.78, 5) is 72.4. The number of carbonyl (C=O) groups is 6. The van der Waals surface area contributed by atoms with E-state index < -0.39 is 93.5 Å². The van der Waals surface area contributed by atoms with Crippen molar-refractivity contribution in [1.29, 1.82) is 0 Å². The standard InChI is InChI=1S/C20H20Cl2O9/c21-15(23)9-3-5-1-7(9)13(17(25)26)11(5)19(29)31-20(30)12-6-2-8(14(12)18(27)28)10(4-6)16(22)24/h5-14H,1-4H2,(H,25,26)(H,27,28). The van der Waals surface area contributed by atoms with E-state index >= 15 is 0 Å². The van der Waals surface area contributed by atoms with Crippen LogP contribution >= 0.6 is 23.2 Å². The van der Waals surface area contributed by atoms with E-state index in [4.69, 9.17) is 27.9 Å². The molecular weight excluding hydrogens is 455 g/mol. The number of carboxylic acid groups (broad SMARTS) is 2. The predicted octanol–water partition coefficient (Wildman–Crippen LogP) is 1.53. The van der Waals surface area contributed by atoms with E-state index in [0.29, 0.717) is 12.8 Å². The van der Waals surface area contributed by atoms with Crippen LogP contribution in [0.2, 0.25) is 0 Å². The van der Waals surface area contributed by atoms with Gasteiger partial charge in [0, 0.05) is 11.8 Å². The number of carboxylic acids is 2. The highest BCUT2D eigenvalue weighted by atomic mass is 35.5. The highest BCUT2D eigenvalue weighted by Gasteiger charge is 2.63. The quantitative estimate of drug-likeness (QED) is 0.331. The summed E-state index contributed by atoms with van der Waals surface area (Å²) < 4.78 is 5.04. The number of hydrogen-bond acceptors (Lipinski definition) is 7. The van der Waals surface area contributed by atoms with Crippen molar-refractivity contribution in [2.45, 2.75) is 25.7 Å². The van der Waals surface area contributed by atoms with Gasteiger partial charge in [-0.15, -0.1) is 0 Å². The minimum atomic E-state index is -1.27. The van der Waals surface area contributed by atoms with Crippen LogP contribution in [0.1, 0.15) is 25.7 Å². The first kappa shape index (κ1) is 22.2. The summed E-state index contributed by atoms with van der Waals surface area (Å²) in [6.45, 7) is 0. The van der Waals surface area contributed by atoms with Crippen LogP contribution in [0, 0.1) is 59.2 Å². The van der Waals surface area contributed by atoms with E-state index in [0.717, 1.165) is 0 Å². The van der Waals surface area contributed by atoms with Crippen LogP contribution < -0.4 is 0 Å². The lowest BCUT2D eigenvalue weighted by molar-refractivity contribution is -0.176. The predicted molar refractivity (Wildman–Crippen MR) is 101 cm³/mol. The number of carbonyl (C=O) groups excluding carboxylic acids is 4. The molecule has 0 radical (unpaired) electrons. The Hall–Kier alpha value is -2.00. The third kappa shape index (κ3) is 3.46. The number of fused-ring (bicyclic) bond motifs is 4. The highest BCUT2D eigenvalue weighted by Crippen LogP contribution is 2.58. The van der Waals surface area contributed by atoms with Gasteiger partial charge < -0.3 is 14.9 Å². The van der Waals surface area contributed by atoms with Crippen LogP contribution in [0.5, 0.6) is 0 Å². The van der Waals surface area contributed by atoms with E-state index in [-0.39, 0.29) is 12.8 Å². The summed E-state index contributed by atoms with van der Waals surface area (Å²) in [6, 6.07) is 0. The molecule has 0 aliphatic heterocycles. The van der Waals surface area contributed by atoms with Crippen molar-refractivity contribution < 1.29 is 43.7 Å². The van der Waals surface area contributed by atoms with Gasteiger partial charge in [0.1, 0.15) is 0 Å². The smallest absolute Gasteiger partial charge is 0.317 e. The van der Waals surface area contributed by atoms with Gasteiger partial charge >= 0.3 is 23.9 Å². The first-order valence-electron chi connectivity index (χ1n) is 10.1. The van der Waals surface area contributed by atoms with Gasteiger partial charge in [-0.05, 0) is 72.6 Å². The van der Waals surface area contributed by atoms with E-state index in [1.54, 1.807) is 0 Å². The summed E-state index contributed by atoms with van der Waals surface area (Å²) >= 11 is 11.1. The van der Waals surface area contributed by atoms with Crippen molar-refractivity contribution in [2.24, 2.45) is 59.2 Å². The fourth-order valence-electron chi connectivity index (χ4n) is 6.83. The largest absolute Gasteiger partial charge is 0.481 e. The van der Waals surface area contributed by atoms with Crippen molar-refractivity contribution in [1.82, 2.24) is 0 Å². The monoisotopic (exact) mass is 474 g/mol. The Balaban J connectivity index is 1.50. The second-order valence-corrected chi connectivity index (χ2v) is 9.88. The van der Waals surface area contributed by atoms with E-state index in [2.05, 4.69) is 0 Å². The van der Waals surface area contributed by atoms with Crippen LogP contribution in [0.3, 0.4) is 0 Å². The minimum absolute atomic E-state index is 0.246. The number of esters is 2. The molecule has 4 aliphatic carbocycles. The Morgan fingerprint density at radius 2 is 0.968 bits per heavy atom. The Labute approximate surface area is 186 Å². The van der Waals surface area contributed by atoms with Crippen LogP contribution in [-0.2, 0) is 33.5 Å². The molecule has 4 fully saturated rings. The molecule has 0 spiro atoms. The van der Waals surface area contributed by atoms with Crippen LogP contribution in [0.25, 0.3) is 0 Å². The highest BCUT2D eigenvalue weighted by molar-refractivity contribution is 6.64. The minimum Gasteiger partial charge on any atom is -0.481 e. The number of rotatable bonds is 6. The fourth-order valence-corrected chi connectivity index (χ4v) is 7.33. The molecule has 168 valence electrons. The van der Waals surface area contributed by atoms with Gasteiger partial charge in [-0.3, -0.25) is 28.8 Å². The summed E-state index contributed by atoms with van der Waals surface area (Å²) in [7, 11) is 0. The lowest BCUT2D eigenvalue weighted by Crippen LogP contribution is -2.44. The fraction of sp³-hybridized carbons (Fsp3) is 0.700. The third-order valence-corrected chi connectivity index (χ3v) is 8.47. The average molecular weight is 475 g/mol. The molecule has 4 saturated carbocycles. The molecule has 0 aromatic heterocycles. The molecule has 10 atom stereocenters. The Morgan fingerprint density at radius 3 is 1.26 bits per heavy atom. The maximum Gasteiger partial charge on any atom is 0.317 e. The summed E-state index contributed by atoms with van der Waals surface area (Å²) in [5.74, 6) is -12.6. The first-order valence-corrected chi connectivity index (χ1v) is 10.9. The number of ether oxygens (including phenoxy) is 1. The lowest BCUT2D eigenvalue weighted by atomic mass is 9.73. The molecule has 10 unspecified atom stereocenters. The zero-order chi connectivity index (χ0) is 22.8. The normalized spacial score (nSPS) is 42.4. The summed E-state index contributed by atoms with van der Waals surface area (Å²) in [5, 5.41) is 17.9. The molecule has 0 amide bonds. The molecule has 9 nitrogen and oxygen atoms in total. The van der Waals surface area contributed by atoms with Gasteiger partial charge in [-0.2, -0.15) is 0 Å². The second-order valence-electron chi connectivity index (χ2n) is 9.13.